The molecule has 28 heavy (non-hydrogen) atoms. The maximum absolute atomic E-state index is 12.1. The van der Waals surface area contributed by atoms with Gasteiger partial charge in [0.25, 0.3) is 5.91 Å². The number of pyridine rings is 1. The quantitative estimate of drug-likeness (QED) is 0.571. The highest BCUT2D eigenvalue weighted by molar-refractivity contribution is 6.32. The summed E-state index contributed by atoms with van der Waals surface area (Å²) < 4.78 is 4.97. The van der Waals surface area contributed by atoms with Gasteiger partial charge in [0.05, 0.1) is 12.1 Å². The maximum Gasteiger partial charge on any atom is 0.342 e. The number of nitrogens with zero attached hydrogens (tertiary/aromatic N) is 1. The first kappa shape index (κ1) is 21.4. The number of nitrogens with one attached hydrogen (secondary N) is 2. The molecule has 0 aliphatic carbocycles. The fourth-order valence-electron chi connectivity index (χ4n) is 2.55. The average molecular weight is 404 g/mol. The molecule has 1 aromatic heterocycles. The SMILES string of the molecule is Cc1cc(C)c(C(=O)OCC(=O)NCC(=O)Nc2cccc(C)c2C)c(Cl)n1. The number of anilines is 1. The number of esters is 1. The number of benzene rings is 1. The van der Waals surface area contributed by atoms with E-state index in [9.17, 15) is 14.4 Å². The molecular formula is C20H22ClN3O4. The van der Waals surface area contributed by atoms with E-state index in [1.54, 1.807) is 26.0 Å². The molecule has 1 heterocycles. The van der Waals surface area contributed by atoms with Gasteiger partial charge in [-0.25, -0.2) is 9.78 Å². The van der Waals surface area contributed by atoms with E-state index >= 15 is 0 Å². The molecule has 1 aromatic carbocycles. The molecule has 7 nitrogen and oxygen atoms in total. The fourth-order valence-corrected chi connectivity index (χ4v) is 2.91. The zero-order chi connectivity index (χ0) is 20.8. The minimum Gasteiger partial charge on any atom is -0.452 e. The van der Waals surface area contributed by atoms with Crippen LogP contribution >= 0.6 is 11.6 Å². The molecule has 0 saturated heterocycles. The van der Waals surface area contributed by atoms with Crippen molar-refractivity contribution in [2.75, 3.05) is 18.5 Å². The molecule has 2 rings (SSSR count). The Hall–Kier alpha value is -2.93. The standard InChI is InChI=1S/C20H22ClN3O4/c1-11-6-5-7-15(14(11)4)24-16(25)9-22-17(26)10-28-20(27)18-12(2)8-13(3)23-19(18)21/h5-8H,9-10H2,1-4H3,(H,22,26)(H,24,25). The van der Waals surface area contributed by atoms with Gasteiger partial charge in [-0.3, -0.25) is 9.59 Å². The van der Waals surface area contributed by atoms with Crippen molar-refractivity contribution in [3.63, 3.8) is 0 Å². The summed E-state index contributed by atoms with van der Waals surface area (Å²) in [4.78, 5) is 40.0. The molecule has 8 heteroatoms. The molecule has 0 aliphatic rings. The highest BCUT2D eigenvalue weighted by Gasteiger charge is 2.18. The predicted molar refractivity (Wildman–Crippen MR) is 107 cm³/mol. The topological polar surface area (TPSA) is 97.4 Å². The third-order valence-electron chi connectivity index (χ3n) is 4.16. The first-order valence-electron chi connectivity index (χ1n) is 8.62. The summed E-state index contributed by atoms with van der Waals surface area (Å²) in [7, 11) is 0. The second-order valence-corrected chi connectivity index (χ2v) is 6.75. The number of halogens is 1. The van der Waals surface area contributed by atoms with Crippen LogP contribution in [0.1, 0.15) is 32.7 Å². The van der Waals surface area contributed by atoms with Crippen LogP contribution in [0.15, 0.2) is 24.3 Å². The summed E-state index contributed by atoms with van der Waals surface area (Å²) in [5.74, 6) is -1.72. The third-order valence-corrected chi connectivity index (χ3v) is 4.44. The Morgan fingerprint density at radius 1 is 1.07 bits per heavy atom. The highest BCUT2D eigenvalue weighted by atomic mass is 35.5. The van der Waals surface area contributed by atoms with Crippen molar-refractivity contribution >= 4 is 35.1 Å². The maximum atomic E-state index is 12.1. The summed E-state index contributed by atoms with van der Waals surface area (Å²) in [5.41, 5.74) is 4.08. The Morgan fingerprint density at radius 3 is 2.46 bits per heavy atom. The number of ether oxygens (including phenoxy) is 1. The van der Waals surface area contributed by atoms with Crippen LogP contribution in [-0.4, -0.2) is 35.9 Å². The second-order valence-electron chi connectivity index (χ2n) is 6.39. The van der Waals surface area contributed by atoms with Crippen molar-refractivity contribution in [2.24, 2.45) is 0 Å². The van der Waals surface area contributed by atoms with E-state index in [1.165, 1.54) is 0 Å². The van der Waals surface area contributed by atoms with Crippen LogP contribution in [0.5, 0.6) is 0 Å². The molecule has 0 bridgehead atoms. The molecule has 0 fully saturated rings. The van der Waals surface area contributed by atoms with Crippen molar-refractivity contribution in [2.45, 2.75) is 27.7 Å². The van der Waals surface area contributed by atoms with Crippen LogP contribution in [0.25, 0.3) is 0 Å². The largest absolute Gasteiger partial charge is 0.452 e. The van der Waals surface area contributed by atoms with E-state index in [0.29, 0.717) is 16.9 Å². The van der Waals surface area contributed by atoms with Crippen LogP contribution in [-0.2, 0) is 14.3 Å². The summed E-state index contributed by atoms with van der Waals surface area (Å²) in [5, 5.41) is 5.16. The van der Waals surface area contributed by atoms with Crippen LogP contribution in [0.2, 0.25) is 5.15 Å². The lowest BCUT2D eigenvalue weighted by Crippen LogP contribution is -2.35. The monoisotopic (exact) mass is 403 g/mol. The van der Waals surface area contributed by atoms with Gasteiger partial charge >= 0.3 is 5.97 Å². The van der Waals surface area contributed by atoms with Gasteiger partial charge in [0.2, 0.25) is 5.91 Å². The van der Waals surface area contributed by atoms with E-state index in [1.807, 2.05) is 26.0 Å². The molecule has 0 saturated carbocycles. The van der Waals surface area contributed by atoms with Gasteiger partial charge in [-0.05, 0) is 56.5 Å². The zero-order valence-electron chi connectivity index (χ0n) is 16.2. The molecule has 148 valence electrons. The molecule has 2 amide bonds. The second kappa shape index (κ2) is 9.32. The Balaban J connectivity index is 1.83. The van der Waals surface area contributed by atoms with Gasteiger partial charge in [-0.1, -0.05) is 23.7 Å². The minimum atomic E-state index is -0.745. The normalized spacial score (nSPS) is 10.3. The number of carbonyl (C=O) groups excluding carboxylic acids is 3. The van der Waals surface area contributed by atoms with Crippen LogP contribution in [0.4, 0.5) is 5.69 Å². The van der Waals surface area contributed by atoms with Gasteiger partial charge in [-0.15, -0.1) is 0 Å². The first-order chi connectivity index (χ1) is 13.2. The fraction of sp³-hybridized carbons (Fsp3) is 0.300. The Morgan fingerprint density at radius 2 is 1.79 bits per heavy atom. The Labute approximate surface area is 168 Å². The van der Waals surface area contributed by atoms with Crippen LogP contribution in [0, 0.1) is 27.7 Å². The molecule has 0 radical (unpaired) electrons. The number of carbonyl (C=O) groups is 3. The third kappa shape index (κ3) is 5.53. The van der Waals surface area contributed by atoms with E-state index in [0.717, 1.165) is 11.1 Å². The molecule has 0 spiro atoms. The number of rotatable bonds is 6. The lowest BCUT2D eigenvalue weighted by Gasteiger charge is -2.11. The Bertz CT molecular complexity index is 905. The molecule has 0 atom stereocenters. The summed E-state index contributed by atoms with van der Waals surface area (Å²) in [6.07, 6.45) is 0. The van der Waals surface area contributed by atoms with Gasteiger partial charge < -0.3 is 15.4 Å². The van der Waals surface area contributed by atoms with Crippen LogP contribution < -0.4 is 10.6 Å². The smallest absolute Gasteiger partial charge is 0.342 e. The van der Waals surface area contributed by atoms with Crippen LogP contribution in [0.3, 0.4) is 0 Å². The number of hydrogen-bond acceptors (Lipinski definition) is 5. The number of aromatic nitrogens is 1. The lowest BCUT2D eigenvalue weighted by atomic mass is 10.1. The predicted octanol–water partition coefficient (Wildman–Crippen LogP) is 2.88. The summed E-state index contributed by atoms with van der Waals surface area (Å²) >= 11 is 5.98. The number of hydrogen-bond donors (Lipinski definition) is 2. The van der Waals surface area contributed by atoms with E-state index in [4.69, 9.17) is 16.3 Å². The Kier molecular flexibility index (Phi) is 7.12. The molecule has 2 N–H and O–H groups in total. The van der Waals surface area contributed by atoms with Gasteiger partial charge in [0, 0.05) is 11.4 Å². The highest BCUT2D eigenvalue weighted by Crippen LogP contribution is 2.20. The zero-order valence-corrected chi connectivity index (χ0v) is 16.9. The molecule has 0 unspecified atom stereocenters. The van der Waals surface area contributed by atoms with E-state index < -0.39 is 18.5 Å². The first-order valence-corrected chi connectivity index (χ1v) is 9.00. The molecular weight excluding hydrogens is 382 g/mol. The molecule has 2 aromatic rings. The van der Waals surface area contributed by atoms with Gasteiger partial charge in [0.1, 0.15) is 5.15 Å². The van der Waals surface area contributed by atoms with Crippen molar-refractivity contribution < 1.29 is 19.1 Å². The van der Waals surface area contributed by atoms with E-state index in [-0.39, 0.29) is 23.2 Å². The van der Waals surface area contributed by atoms with Crippen molar-refractivity contribution in [3.8, 4) is 0 Å². The van der Waals surface area contributed by atoms with Gasteiger partial charge in [-0.2, -0.15) is 0 Å². The molecule has 0 aliphatic heterocycles. The number of aryl methyl sites for hydroxylation is 3. The van der Waals surface area contributed by atoms with E-state index in [2.05, 4.69) is 15.6 Å². The summed E-state index contributed by atoms with van der Waals surface area (Å²) in [6, 6.07) is 7.26. The van der Waals surface area contributed by atoms with Gasteiger partial charge in [0.15, 0.2) is 6.61 Å². The number of amides is 2. The van der Waals surface area contributed by atoms with Crippen molar-refractivity contribution in [1.82, 2.24) is 10.3 Å². The lowest BCUT2D eigenvalue weighted by molar-refractivity contribution is -0.126. The average Bonchev–Trinajstić information content (AvgIpc) is 2.61. The van der Waals surface area contributed by atoms with Crippen molar-refractivity contribution in [3.05, 3.63) is 57.4 Å². The summed E-state index contributed by atoms with van der Waals surface area (Å²) in [6.45, 7) is 6.53. The van der Waals surface area contributed by atoms with Crippen molar-refractivity contribution in [1.29, 1.82) is 0 Å². The minimum absolute atomic E-state index is 0.0239.